The molecule has 0 N–H and O–H groups in total. The molecule has 0 spiro atoms. The van der Waals surface area contributed by atoms with Gasteiger partial charge in [0.15, 0.2) is 0 Å². The van der Waals surface area contributed by atoms with Crippen molar-refractivity contribution in [2.45, 2.75) is 0 Å². The van der Waals surface area contributed by atoms with Gasteiger partial charge in [0.25, 0.3) is 0 Å². The second kappa shape index (κ2) is 69.2. The second-order valence-electron chi connectivity index (χ2n) is 0.289. The van der Waals surface area contributed by atoms with Gasteiger partial charge in [-0.3, -0.25) is 0 Å². The molecular formula is C3H3NdO6. The van der Waals surface area contributed by atoms with Gasteiger partial charge in [-0.05, 0) is 0 Å². The molecule has 0 bridgehead atoms. The minimum Gasteiger partial charge on any atom is -0.554 e. The molecule has 0 rings (SSSR count). The largest absolute Gasteiger partial charge is 3.00 e. The first-order chi connectivity index (χ1) is 4.24. The van der Waals surface area contributed by atoms with Crippen molar-refractivity contribution in [3.63, 3.8) is 0 Å². The van der Waals surface area contributed by atoms with Gasteiger partial charge >= 0.3 is 40.8 Å². The molecule has 0 aromatic carbocycles. The van der Waals surface area contributed by atoms with Crippen molar-refractivity contribution >= 4 is 19.4 Å². The monoisotopic (exact) mass is 277 g/mol. The van der Waals surface area contributed by atoms with Crippen LogP contribution in [0.15, 0.2) is 0 Å². The predicted molar refractivity (Wildman–Crippen MR) is 18.2 cm³/mol. The molecule has 0 aliphatic heterocycles. The predicted octanol–water partition coefficient (Wildman–Crippen LogP) is -4.90. The minimum absolute atomic E-state index is 0. The van der Waals surface area contributed by atoms with Crippen LogP contribution in [0.5, 0.6) is 0 Å². The van der Waals surface area contributed by atoms with Crippen molar-refractivity contribution in [2.24, 2.45) is 0 Å². The van der Waals surface area contributed by atoms with E-state index in [0.717, 1.165) is 0 Å². The Hall–Kier alpha value is -0.239. The molecule has 1 radical (unpaired) electrons. The average Bonchev–Trinajstić information content (AvgIpc) is 1.70. The molecule has 0 amide bonds. The number of hydrogen-bond acceptors (Lipinski definition) is 6. The van der Waals surface area contributed by atoms with E-state index in [1.165, 1.54) is 0 Å². The van der Waals surface area contributed by atoms with Crippen molar-refractivity contribution < 1.29 is 70.5 Å². The number of carbonyl (C=O) groups is 3. The van der Waals surface area contributed by atoms with Crippen LogP contribution in [-0.2, 0) is 14.4 Å². The third-order valence-corrected chi connectivity index (χ3v) is 0. The van der Waals surface area contributed by atoms with Crippen LogP contribution in [0.4, 0.5) is 0 Å². The summed E-state index contributed by atoms with van der Waals surface area (Å²) in [6.45, 7) is -1.50. The molecule has 10 heavy (non-hydrogen) atoms. The van der Waals surface area contributed by atoms with E-state index >= 15 is 0 Å². The van der Waals surface area contributed by atoms with E-state index in [4.69, 9.17) is 29.7 Å². The van der Waals surface area contributed by atoms with Crippen LogP contribution in [-0.4, -0.2) is 19.4 Å². The zero-order chi connectivity index (χ0) is 8.12. The normalized spacial score (nSPS) is 3.60. The molecule has 0 saturated heterocycles. The molecule has 7 heteroatoms. The van der Waals surface area contributed by atoms with E-state index in [1.54, 1.807) is 0 Å². The van der Waals surface area contributed by atoms with Crippen LogP contribution in [0.25, 0.3) is 0 Å². The van der Waals surface area contributed by atoms with Gasteiger partial charge in [-0.2, -0.15) is 0 Å². The zero-order valence-electron chi connectivity index (χ0n) is 4.68. The Labute approximate surface area is 89.4 Å². The maximum atomic E-state index is 8.25. The third-order valence-electron chi connectivity index (χ3n) is 0. The smallest absolute Gasteiger partial charge is 0.554 e. The number of rotatable bonds is 0. The third kappa shape index (κ3) is 6190. The first-order valence-electron chi connectivity index (χ1n) is 1.41. The first-order valence-corrected chi connectivity index (χ1v) is 1.41. The summed E-state index contributed by atoms with van der Waals surface area (Å²) < 4.78 is 0. The molecular weight excluding hydrogens is 276 g/mol. The van der Waals surface area contributed by atoms with Gasteiger partial charge in [0, 0.05) is 19.4 Å². The minimum atomic E-state index is -0.500. The van der Waals surface area contributed by atoms with Crippen LogP contribution in [0.3, 0.4) is 0 Å². The Bertz CT molecular complexity index is 49.7. The van der Waals surface area contributed by atoms with E-state index in [1.807, 2.05) is 0 Å². The molecule has 55 valence electrons. The molecule has 0 aliphatic rings. The topological polar surface area (TPSA) is 120 Å². The standard InChI is InChI=1S/3CH2O2.Nd/c3*2-1-3;/h3*1H,(H,2,3);/q;;;+3/p-3. The van der Waals surface area contributed by atoms with Crippen LogP contribution in [0.2, 0.25) is 0 Å². The molecule has 0 aliphatic carbocycles. The maximum Gasteiger partial charge on any atom is 3.00 e. The summed E-state index contributed by atoms with van der Waals surface area (Å²) in [6.07, 6.45) is 0. The fourth-order valence-corrected chi connectivity index (χ4v) is 0. The van der Waals surface area contributed by atoms with Crippen molar-refractivity contribution in [2.75, 3.05) is 0 Å². The Kier molecular flexibility index (Phi) is 156. The number of carboxylic acid groups (broad SMARTS) is 3. The Morgan fingerprint density at radius 3 is 0.700 bits per heavy atom. The summed E-state index contributed by atoms with van der Waals surface area (Å²) in [5.41, 5.74) is 0. The van der Waals surface area contributed by atoms with Crippen LogP contribution in [0, 0.1) is 40.8 Å². The van der Waals surface area contributed by atoms with E-state index in [9.17, 15) is 0 Å². The Balaban J connectivity index is -0.0000000257. The summed E-state index contributed by atoms with van der Waals surface area (Å²) in [6, 6.07) is 0. The maximum absolute atomic E-state index is 8.25. The van der Waals surface area contributed by atoms with Crippen LogP contribution >= 0.6 is 0 Å². The van der Waals surface area contributed by atoms with Gasteiger partial charge in [0.05, 0.1) is 0 Å². The van der Waals surface area contributed by atoms with Gasteiger partial charge in [-0.1, -0.05) is 0 Å². The fourth-order valence-electron chi connectivity index (χ4n) is 0. The summed E-state index contributed by atoms with van der Waals surface area (Å²) in [5, 5.41) is 24.8. The molecule has 0 aromatic heterocycles. The van der Waals surface area contributed by atoms with E-state index in [-0.39, 0.29) is 40.8 Å². The number of carbonyl (C=O) groups excluding carboxylic acids is 3. The second-order valence-corrected chi connectivity index (χ2v) is 0.289. The molecule has 0 unspecified atom stereocenters. The van der Waals surface area contributed by atoms with E-state index in [2.05, 4.69) is 0 Å². The molecule has 0 aromatic rings. The quantitative estimate of drug-likeness (QED) is 0.410. The first kappa shape index (κ1) is 22.6. The van der Waals surface area contributed by atoms with E-state index < -0.39 is 19.4 Å². The van der Waals surface area contributed by atoms with Crippen LogP contribution in [0.1, 0.15) is 0 Å². The molecule has 0 heterocycles. The van der Waals surface area contributed by atoms with Gasteiger partial charge in [0.1, 0.15) is 0 Å². The van der Waals surface area contributed by atoms with Crippen molar-refractivity contribution in [1.82, 2.24) is 0 Å². The fraction of sp³-hybridized carbons (Fsp3) is 0. The molecule has 6 nitrogen and oxygen atoms in total. The SMILES string of the molecule is O=C[O-].O=C[O-].O=C[O-].[Nd+3]. The van der Waals surface area contributed by atoms with Crippen LogP contribution < -0.4 is 15.3 Å². The van der Waals surface area contributed by atoms with Crippen molar-refractivity contribution in [3.8, 4) is 0 Å². The van der Waals surface area contributed by atoms with Crippen molar-refractivity contribution in [3.05, 3.63) is 0 Å². The zero-order valence-corrected chi connectivity index (χ0v) is 7.89. The molecule has 0 saturated carbocycles. The summed E-state index contributed by atoms with van der Waals surface area (Å²) in [5.74, 6) is 0. The van der Waals surface area contributed by atoms with Gasteiger partial charge < -0.3 is 29.7 Å². The van der Waals surface area contributed by atoms with Gasteiger partial charge in [0.2, 0.25) is 0 Å². The summed E-state index contributed by atoms with van der Waals surface area (Å²) >= 11 is 0. The number of hydrogen-bond donors (Lipinski definition) is 0. The van der Waals surface area contributed by atoms with Gasteiger partial charge in [-0.15, -0.1) is 0 Å². The molecule has 0 fully saturated rings. The average molecular weight is 279 g/mol. The summed E-state index contributed by atoms with van der Waals surface area (Å²) in [7, 11) is 0. The Morgan fingerprint density at radius 2 is 0.700 bits per heavy atom. The van der Waals surface area contributed by atoms with E-state index in [0.29, 0.717) is 0 Å². The van der Waals surface area contributed by atoms with Gasteiger partial charge in [-0.25, -0.2) is 0 Å². The molecule has 0 atom stereocenters. The summed E-state index contributed by atoms with van der Waals surface area (Å²) in [4.78, 5) is 24.8. The Morgan fingerprint density at radius 1 is 0.700 bits per heavy atom. The van der Waals surface area contributed by atoms with Crippen molar-refractivity contribution in [1.29, 1.82) is 0 Å².